The Bertz CT molecular complexity index is 1410. The van der Waals surface area contributed by atoms with Gasteiger partial charge in [0.1, 0.15) is 6.04 Å². The van der Waals surface area contributed by atoms with E-state index < -0.39 is 16.1 Å². The van der Waals surface area contributed by atoms with Gasteiger partial charge in [-0.2, -0.15) is 0 Å². The topological polar surface area (TPSA) is 86.8 Å². The van der Waals surface area contributed by atoms with Crippen molar-refractivity contribution in [2.45, 2.75) is 59.0 Å². The third-order valence-corrected chi connectivity index (χ3v) is 8.74. The predicted octanol–water partition coefficient (Wildman–Crippen LogP) is 5.78. The highest BCUT2D eigenvalue weighted by Crippen LogP contribution is 2.23. The molecule has 0 saturated carbocycles. The van der Waals surface area contributed by atoms with Crippen LogP contribution in [0.5, 0.6) is 0 Å². The molecule has 9 heteroatoms. The standard InChI is InChI=1S/C32H40BrN3O4S/c1-5-19-34-32(38)30(22-26-10-7-6-8-11-26)35(23-27-14-16-28(33)17-15-27)31(37)12-9-20-36(41(4,39)40)29-18-13-24(2)25(3)21-29/h6-8,10-11,13-18,21,30H,5,9,12,19-20,22-23H2,1-4H3,(H,34,38)/t30-/m0/s1. The summed E-state index contributed by atoms with van der Waals surface area (Å²) in [6.45, 7) is 6.84. The molecule has 0 aromatic heterocycles. The lowest BCUT2D eigenvalue weighted by Gasteiger charge is -2.32. The number of carbonyl (C=O) groups is 2. The van der Waals surface area contributed by atoms with Gasteiger partial charge in [-0.1, -0.05) is 71.4 Å². The molecule has 0 bridgehead atoms. The monoisotopic (exact) mass is 641 g/mol. The molecule has 0 aliphatic rings. The summed E-state index contributed by atoms with van der Waals surface area (Å²) in [5.41, 5.74) is 4.50. The van der Waals surface area contributed by atoms with Crippen LogP contribution in [0.1, 0.15) is 48.4 Å². The highest BCUT2D eigenvalue weighted by atomic mass is 79.9. The van der Waals surface area contributed by atoms with Crippen molar-refractivity contribution in [2.24, 2.45) is 0 Å². The van der Waals surface area contributed by atoms with E-state index in [4.69, 9.17) is 0 Å². The summed E-state index contributed by atoms with van der Waals surface area (Å²) in [6, 6.07) is 22.2. The van der Waals surface area contributed by atoms with E-state index in [0.29, 0.717) is 25.1 Å². The second-order valence-corrected chi connectivity index (χ2v) is 13.2. The Kier molecular flexibility index (Phi) is 12.0. The third-order valence-electron chi connectivity index (χ3n) is 7.02. The molecule has 0 unspecified atom stereocenters. The van der Waals surface area contributed by atoms with Crippen molar-refractivity contribution < 1.29 is 18.0 Å². The number of hydrogen-bond donors (Lipinski definition) is 1. The van der Waals surface area contributed by atoms with Gasteiger partial charge in [0.25, 0.3) is 0 Å². The average molecular weight is 643 g/mol. The van der Waals surface area contributed by atoms with E-state index in [-0.39, 0.29) is 31.3 Å². The van der Waals surface area contributed by atoms with Crippen molar-refractivity contribution in [3.63, 3.8) is 0 Å². The summed E-state index contributed by atoms with van der Waals surface area (Å²) in [7, 11) is -3.56. The Hall–Kier alpha value is -3.17. The van der Waals surface area contributed by atoms with Crippen molar-refractivity contribution in [2.75, 3.05) is 23.7 Å². The Balaban J connectivity index is 1.87. The highest BCUT2D eigenvalue weighted by molar-refractivity contribution is 9.10. The minimum atomic E-state index is -3.56. The number of amides is 2. The number of nitrogens with zero attached hydrogens (tertiary/aromatic N) is 2. The summed E-state index contributed by atoms with van der Waals surface area (Å²) in [6.07, 6.45) is 2.74. The average Bonchev–Trinajstić information content (AvgIpc) is 2.94. The fourth-order valence-electron chi connectivity index (χ4n) is 4.59. The molecule has 3 aromatic carbocycles. The third kappa shape index (κ3) is 9.71. The van der Waals surface area contributed by atoms with E-state index in [0.717, 1.165) is 33.1 Å². The van der Waals surface area contributed by atoms with Crippen LogP contribution in [0.15, 0.2) is 77.3 Å². The summed E-state index contributed by atoms with van der Waals surface area (Å²) in [4.78, 5) is 29.0. The smallest absolute Gasteiger partial charge is 0.243 e. The molecular weight excluding hydrogens is 602 g/mol. The van der Waals surface area contributed by atoms with Gasteiger partial charge in [0.05, 0.1) is 11.9 Å². The fourth-order valence-corrected chi connectivity index (χ4v) is 5.81. The maximum atomic E-state index is 13.9. The van der Waals surface area contributed by atoms with Crippen molar-refractivity contribution in [1.82, 2.24) is 10.2 Å². The number of benzene rings is 3. The summed E-state index contributed by atoms with van der Waals surface area (Å²) in [5, 5.41) is 2.98. The molecule has 0 radical (unpaired) electrons. The van der Waals surface area contributed by atoms with Crippen molar-refractivity contribution >= 4 is 43.5 Å². The van der Waals surface area contributed by atoms with Crippen LogP contribution in [0.3, 0.4) is 0 Å². The molecule has 1 N–H and O–H groups in total. The molecule has 0 aliphatic carbocycles. The Morgan fingerprint density at radius 2 is 1.61 bits per heavy atom. The number of hydrogen-bond acceptors (Lipinski definition) is 4. The van der Waals surface area contributed by atoms with Crippen LogP contribution in [0.4, 0.5) is 5.69 Å². The maximum absolute atomic E-state index is 13.9. The molecule has 3 aromatic rings. The zero-order valence-electron chi connectivity index (χ0n) is 24.3. The summed E-state index contributed by atoms with van der Waals surface area (Å²) in [5.74, 6) is -0.400. The largest absolute Gasteiger partial charge is 0.354 e. The van der Waals surface area contributed by atoms with Crippen molar-refractivity contribution in [3.8, 4) is 0 Å². The predicted molar refractivity (Wildman–Crippen MR) is 169 cm³/mol. The zero-order chi connectivity index (χ0) is 30.0. The molecule has 2 amide bonds. The zero-order valence-corrected chi connectivity index (χ0v) is 26.7. The van der Waals surface area contributed by atoms with Crippen LogP contribution in [-0.2, 0) is 32.6 Å². The molecule has 0 saturated heterocycles. The molecular formula is C32H40BrN3O4S. The SMILES string of the molecule is CCCNC(=O)[C@H](Cc1ccccc1)N(Cc1ccc(Br)cc1)C(=O)CCCN(c1ccc(C)c(C)c1)S(C)(=O)=O. The van der Waals surface area contributed by atoms with Gasteiger partial charge in [-0.3, -0.25) is 13.9 Å². The van der Waals surface area contributed by atoms with Crippen LogP contribution in [0.25, 0.3) is 0 Å². The molecule has 7 nitrogen and oxygen atoms in total. The fraction of sp³-hybridized carbons (Fsp3) is 0.375. The minimum absolute atomic E-state index is 0.0970. The number of rotatable bonds is 14. The number of carbonyl (C=O) groups excluding carboxylic acids is 2. The molecule has 1 atom stereocenters. The minimum Gasteiger partial charge on any atom is -0.354 e. The Labute approximate surface area is 253 Å². The van der Waals surface area contributed by atoms with Crippen molar-refractivity contribution in [1.29, 1.82) is 0 Å². The van der Waals surface area contributed by atoms with Crippen LogP contribution in [0, 0.1) is 13.8 Å². The van der Waals surface area contributed by atoms with Crippen LogP contribution >= 0.6 is 15.9 Å². The molecule has 0 fully saturated rings. The van der Waals surface area contributed by atoms with Gasteiger partial charge in [0.2, 0.25) is 21.8 Å². The van der Waals surface area contributed by atoms with Gasteiger partial charge < -0.3 is 10.2 Å². The van der Waals surface area contributed by atoms with Crippen molar-refractivity contribution in [3.05, 3.63) is 99.5 Å². The Morgan fingerprint density at radius 3 is 2.22 bits per heavy atom. The van der Waals surface area contributed by atoms with Gasteiger partial charge in [-0.25, -0.2) is 8.42 Å². The molecule has 3 rings (SSSR count). The molecule has 41 heavy (non-hydrogen) atoms. The first kappa shape index (κ1) is 32.3. The van der Waals surface area contributed by atoms with E-state index in [2.05, 4.69) is 21.2 Å². The number of anilines is 1. The lowest BCUT2D eigenvalue weighted by Crippen LogP contribution is -2.50. The normalized spacial score (nSPS) is 12.0. The number of nitrogens with one attached hydrogen (secondary N) is 1. The van der Waals surface area contributed by atoms with Crippen LogP contribution in [-0.4, -0.2) is 50.5 Å². The first-order chi connectivity index (χ1) is 19.5. The summed E-state index contributed by atoms with van der Waals surface area (Å²) < 4.78 is 27.6. The molecule has 0 aliphatic heterocycles. The van der Waals surface area contributed by atoms with E-state index in [1.54, 1.807) is 11.0 Å². The number of sulfonamides is 1. The van der Waals surface area contributed by atoms with Gasteiger partial charge in [-0.05, 0) is 73.2 Å². The number of halogens is 1. The van der Waals surface area contributed by atoms with Gasteiger partial charge in [-0.15, -0.1) is 0 Å². The molecule has 220 valence electrons. The molecule has 0 heterocycles. The van der Waals surface area contributed by atoms with Gasteiger partial charge in [0, 0.05) is 36.9 Å². The first-order valence-corrected chi connectivity index (χ1v) is 16.5. The lowest BCUT2D eigenvalue weighted by molar-refractivity contribution is -0.141. The number of aryl methyl sites for hydroxylation is 2. The van der Waals surface area contributed by atoms with Gasteiger partial charge in [0.15, 0.2) is 0 Å². The van der Waals surface area contributed by atoms with E-state index in [9.17, 15) is 18.0 Å². The highest BCUT2D eigenvalue weighted by Gasteiger charge is 2.30. The summed E-state index contributed by atoms with van der Waals surface area (Å²) >= 11 is 3.46. The lowest BCUT2D eigenvalue weighted by atomic mass is 10.0. The van der Waals surface area contributed by atoms with Crippen LogP contribution < -0.4 is 9.62 Å². The second-order valence-electron chi connectivity index (χ2n) is 10.4. The maximum Gasteiger partial charge on any atom is 0.243 e. The Morgan fingerprint density at radius 1 is 0.927 bits per heavy atom. The first-order valence-electron chi connectivity index (χ1n) is 13.9. The van der Waals surface area contributed by atoms with E-state index in [1.165, 1.54) is 10.6 Å². The van der Waals surface area contributed by atoms with E-state index in [1.807, 2.05) is 87.5 Å². The van der Waals surface area contributed by atoms with Crippen LogP contribution in [0.2, 0.25) is 0 Å². The van der Waals surface area contributed by atoms with Gasteiger partial charge >= 0.3 is 0 Å². The second kappa shape index (κ2) is 15.2. The molecule has 0 spiro atoms. The quantitative estimate of drug-likeness (QED) is 0.242. The van der Waals surface area contributed by atoms with E-state index >= 15 is 0 Å².